The number of unbranched alkanes of at least 4 members (excludes halogenated alkanes) is 4. The minimum absolute atomic E-state index is 0.711. The molecule has 0 unspecified atom stereocenters. The van der Waals surface area contributed by atoms with Gasteiger partial charge >= 0.3 is 0 Å². The van der Waals surface area contributed by atoms with E-state index in [1.165, 1.54) is 114 Å². The van der Waals surface area contributed by atoms with Crippen LogP contribution in [0.2, 0.25) is 0 Å². The van der Waals surface area contributed by atoms with Crippen molar-refractivity contribution in [1.29, 1.82) is 5.26 Å². The van der Waals surface area contributed by atoms with Crippen LogP contribution in [0.3, 0.4) is 0 Å². The monoisotopic (exact) mass is 489 g/mol. The number of rotatable bonds is 13. The lowest BCUT2D eigenvalue weighted by Gasteiger charge is -2.36. The fourth-order valence-electron chi connectivity index (χ4n) is 6.46. The van der Waals surface area contributed by atoms with Crippen molar-refractivity contribution in [2.75, 3.05) is 0 Å². The molecular weight excluding hydrogens is 441 g/mol. The largest absolute Gasteiger partial charge is 0.199 e. The molecule has 36 heavy (non-hydrogen) atoms. The average molecular weight is 490 g/mol. The first-order valence-corrected chi connectivity index (χ1v) is 14.8. The second-order valence-corrected chi connectivity index (χ2v) is 11.4. The first kappa shape index (κ1) is 28.4. The van der Waals surface area contributed by atoms with Gasteiger partial charge in [0, 0.05) is 0 Å². The van der Waals surface area contributed by atoms with E-state index in [0.717, 1.165) is 24.2 Å². The lowest BCUT2D eigenvalue weighted by atomic mass is 9.69. The van der Waals surface area contributed by atoms with Gasteiger partial charge in [0.05, 0.1) is 0 Å². The van der Waals surface area contributed by atoms with Crippen molar-refractivity contribution in [3.8, 4) is 6.07 Å². The summed E-state index contributed by atoms with van der Waals surface area (Å²) in [7, 11) is 0. The van der Waals surface area contributed by atoms with Gasteiger partial charge in [-0.05, 0) is 118 Å². The van der Waals surface area contributed by atoms with Crippen LogP contribution >= 0.6 is 0 Å². The number of hydrogen-bond acceptors (Lipinski definition) is 1. The summed E-state index contributed by atoms with van der Waals surface area (Å²) in [5, 5.41) is 8.44. The third-order valence-corrected chi connectivity index (χ3v) is 8.87. The van der Waals surface area contributed by atoms with E-state index in [1.54, 1.807) is 17.2 Å². The Morgan fingerprint density at radius 3 is 2.22 bits per heavy atom. The Morgan fingerprint density at radius 1 is 0.944 bits per heavy atom. The van der Waals surface area contributed by atoms with E-state index >= 15 is 0 Å². The first-order chi connectivity index (χ1) is 17.6. The minimum Gasteiger partial charge on any atom is -0.195 e. The van der Waals surface area contributed by atoms with Gasteiger partial charge in [-0.1, -0.05) is 81.2 Å². The van der Waals surface area contributed by atoms with Gasteiger partial charge in [0.15, 0.2) is 5.83 Å². The van der Waals surface area contributed by atoms with Gasteiger partial charge in [0.2, 0.25) is 0 Å². The van der Waals surface area contributed by atoms with Crippen LogP contribution in [-0.4, -0.2) is 0 Å². The molecule has 2 heteroatoms. The third kappa shape index (κ3) is 9.38. The molecule has 2 fully saturated rings. The number of nitriles is 1. The molecule has 0 spiro atoms. The van der Waals surface area contributed by atoms with E-state index in [0.29, 0.717) is 5.92 Å². The van der Waals surface area contributed by atoms with Gasteiger partial charge in [0.1, 0.15) is 6.07 Å². The van der Waals surface area contributed by atoms with Crippen LogP contribution in [0.25, 0.3) is 0 Å². The highest BCUT2D eigenvalue weighted by Crippen LogP contribution is 2.44. The van der Waals surface area contributed by atoms with Crippen LogP contribution < -0.4 is 0 Å². The maximum absolute atomic E-state index is 12.8. The molecule has 2 saturated carbocycles. The van der Waals surface area contributed by atoms with Gasteiger partial charge in [-0.3, -0.25) is 0 Å². The van der Waals surface area contributed by atoms with Crippen LogP contribution in [0.15, 0.2) is 60.5 Å². The van der Waals surface area contributed by atoms with E-state index in [-0.39, 0.29) is 0 Å². The molecule has 0 saturated heterocycles. The van der Waals surface area contributed by atoms with Gasteiger partial charge in [-0.15, -0.1) is 0 Å². The molecular formula is C34H48FN. The normalized spacial score (nSPS) is 25.1. The van der Waals surface area contributed by atoms with Crippen LogP contribution in [0.5, 0.6) is 0 Å². The molecule has 0 aromatic heterocycles. The summed E-state index contributed by atoms with van der Waals surface area (Å²) in [6.45, 7) is 6.89. The second kappa shape index (κ2) is 15.9. The van der Waals surface area contributed by atoms with Crippen LogP contribution in [-0.2, 0) is 6.42 Å². The van der Waals surface area contributed by atoms with Crippen molar-refractivity contribution in [1.82, 2.24) is 0 Å². The lowest BCUT2D eigenvalue weighted by molar-refractivity contribution is 0.260. The van der Waals surface area contributed by atoms with Crippen molar-refractivity contribution in [2.24, 2.45) is 17.8 Å². The molecule has 0 radical (unpaired) electrons. The van der Waals surface area contributed by atoms with Crippen LogP contribution in [0.4, 0.5) is 4.39 Å². The molecule has 196 valence electrons. The highest BCUT2D eigenvalue weighted by molar-refractivity contribution is 5.26. The van der Waals surface area contributed by atoms with Gasteiger partial charge in [-0.2, -0.15) is 9.65 Å². The van der Waals surface area contributed by atoms with E-state index < -0.39 is 5.83 Å². The standard InChI is InChI=1S/C34H48FN/c1-3-4-5-6-8-11-29-16-20-32(21-17-29)33-24-22-31(23-25-33)27(2)30-18-14-28(15-19-30)12-9-7-10-13-34(35)26-36/h7,10,13,16-17,20-21,28,30-31,33H,2-6,8-9,11-12,14-15,18-19,22-25H2,1H3/b10-7+,34-13-. The molecule has 1 aromatic rings. The molecule has 1 aromatic carbocycles. The summed E-state index contributed by atoms with van der Waals surface area (Å²) in [5.41, 5.74) is 4.60. The molecule has 0 atom stereocenters. The number of hydrogen-bond donors (Lipinski definition) is 0. The van der Waals surface area contributed by atoms with Crippen LogP contribution in [0, 0.1) is 29.1 Å². The molecule has 0 bridgehead atoms. The molecule has 1 nitrogen and oxygen atoms in total. The fourth-order valence-corrected chi connectivity index (χ4v) is 6.46. The zero-order valence-corrected chi connectivity index (χ0v) is 22.7. The summed E-state index contributed by atoms with van der Waals surface area (Å²) in [6.07, 6.45) is 25.4. The Hall–Kier alpha value is -2.14. The molecule has 0 aliphatic heterocycles. The average Bonchev–Trinajstić information content (AvgIpc) is 2.93. The highest BCUT2D eigenvalue weighted by atomic mass is 19.1. The zero-order valence-electron chi connectivity index (χ0n) is 22.7. The first-order valence-electron chi connectivity index (χ1n) is 14.8. The smallest absolute Gasteiger partial charge is 0.195 e. The number of halogens is 1. The van der Waals surface area contributed by atoms with Gasteiger partial charge in [-0.25, -0.2) is 0 Å². The van der Waals surface area contributed by atoms with E-state index in [1.807, 2.05) is 6.08 Å². The number of allylic oxidation sites excluding steroid dienone is 5. The van der Waals surface area contributed by atoms with Crippen molar-refractivity contribution in [2.45, 2.75) is 116 Å². The number of aryl methyl sites for hydroxylation is 1. The minimum atomic E-state index is -0.722. The van der Waals surface area contributed by atoms with Gasteiger partial charge in [0.25, 0.3) is 0 Å². The summed E-state index contributed by atoms with van der Waals surface area (Å²) in [4.78, 5) is 0. The Kier molecular flexibility index (Phi) is 12.5. The molecule has 0 amide bonds. The van der Waals surface area contributed by atoms with Crippen molar-refractivity contribution in [3.63, 3.8) is 0 Å². The molecule has 2 aliphatic rings. The third-order valence-electron chi connectivity index (χ3n) is 8.87. The predicted molar refractivity (Wildman–Crippen MR) is 151 cm³/mol. The summed E-state index contributed by atoms with van der Waals surface area (Å²) in [5.74, 6) is 2.21. The van der Waals surface area contributed by atoms with E-state index in [9.17, 15) is 4.39 Å². The summed E-state index contributed by atoms with van der Waals surface area (Å²) >= 11 is 0. The quantitative estimate of drug-likeness (QED) is 0.117. The van der Waals surface area contributed by atoms with E-state index in [4.69, 9.17) is 5.26 Å². The maximum atomic E-state index is 12.8. The number of nitrogens with zero attached hydrogens (tertiary/aromatic N) is 1. The van der Waals surface area contributed by atoms with E-state index in [2.05, 4.69) is 37.8 Å². The van der Waals surface area contributed by atoms with Crippen molar-refractivity contribution in [3.05, 3.63) is 71.6 Å². The predicted octanol–water partition coefficient (Wildman–Crippen LogP) is 10.5. The molecule has 0 heterocycles. The lowest BCUT2D eigenvalue weighted by Crippen LogP contribution is -2.22. The Labute approximate surface area is 220 Å². The highest BCUT2D eigenvalue weighted by Gasteiger charge is 2.29. The van der Waals surface area contributed by atoms with Crippen molar-refractivity contribution < 1.29 is 4.39 Å². The Bertz CT molecular complexity index is 871. The topological polar surface area (TPSA) is 23.8 Å². The molecule has 3 rings (SSSR count). The SMILES string of the molecule is C=C(C1CCC(CC/C=C/C=C(\F)C#N)CC1)C1CCC(c2ccc(CCCCCCC)cc2)CC1. The molecule has 2 aliphatic carbocycles. The van der Waals surface area contributed by atoms with Crippen molar-refractivity contribution >= 4 is 0 Å². The number of benzene rings is 1. The Morgan fingerprint density at radius 2 is 1.58 bits per heavy atom. The Balaban J connectivity index is 1.34. The van der Waals surface area contributed by atoms with Crippen LogP contribution in [0.1, 0.15) is 120 Å². The fraction of sp³-hybridized carbons (Fsp3) is 0.618. The summed E-state index contributed by atoms with van der Waals surface area (Å²) < 4.78 is 12.8. The summed E-state index contributed by atoms with van der Waals surface area (Å²) in [6, 6.07) is 11.1. The van der Waals surface area contributed by atoms with Gasteiger partial charge < -0.3 is 0 Å². The maximum Gasteiger partial charge on any atom is 0.199 e. The zero-order chi connectivity index (χ0) is 25.6. The second-order valence-electron chi connectivity index (χ2n) is 11.4. The molecule has 0 N–H and O–H groups in total.